The molecule has 0 bridgehead atoms. The summed E-state index contributed by atoms with van der Waals surface area (Å²) in [4.78, 5) is 4.57. The minimum atomic E-state index is 0.802. The van der Waals surface area contributed by atoms with Crippen molar-refractivity contribution in [3.05, 3.63) is 42.6 Å². The molecule has 0 atom stereocenters. The summed E-state index contributed by atoms with van der Waals surface area (Å²) in [6, 6.07) is 12.2. The Hall–Kier alpha value is -2.33. The summed E-state index contributed by atoms with van der Waals surface area (Å²) in [6.45, 7) is 0. The van der Waals surface area contributed by atoms with E-state index in [4.69, 9.17) is 9.47 Å². The van der Waals surface area contributed by atoms with Crippen LogP contribution in [0.5, 0.6) is 11.5 Å². The first-order valence-corrected chi connectivity index (χ1v) is 7.45. The Morgan fingerprint density at radius 3 is 2.67 bits per heavy atom. The van der Waals surface area contributed by atoms with Crippen molar-refractivity contribution in [3.8, 4) is 11.5 Å². The van der Waals surface area contributed by atoms with Gasteiger partial charge in [0.05, 0.1) is 18.9 Å². The van der Waals surface area contributed by atoms with Gasteiger partial charge in [-0.05, 0) is 24.3 Å². The summed E-state index contributed by atoms with van der Waals surface area (Å²) in [7, 11) is 3.37. The van der Waals surface area contributed by atoms with Gasteiger partial charge in [0.25, 0.3) is 0 Å². The third kappa shape index (κ3) is 1.76. The van der Waals surface area contributed by atoms with Gasteiger partial charge in [-0.15, -0.1) is 11.3 Å². The molecule has 4 heteroatoms. The lowest BCUT2D eigenvalue weighted by Crippen LogP contribution is -1.87. The SMILES string of the molecule is COc1ccc2sc3cnc4c(OC)cccc4c3c2c1. The van der Waals surface area contributed by atoms with E-state index in [1.807, 2.05) is 24.4 Å². The molecule has 0 aliphatic carbocycles. The molecular formula is C17H13NO2S. The number of pyridine rings is 1. The van der Waals surface area contributed by atoms with Crippen molar-refractivity contribution in [1.29, 1.82) is 0 Å². The van der Waals surface area contributed by atoms with Crippen molar-refractivity contribution in [2.45, 2.75) is 0 Å². The van der Waals surface area contributed by atoms with Crippen LogP contribution in [0.3, 0.4) is 0 Å². The Morgan fingerprint density at radius 1 is 0.952 bits per heavy atom. The monoisotopic (exact) mass is 295 g/mol. The van der Waals surface area contributed by atoms with Crippen LogP contribution in [0.4, 0.5) is 0 Å². The third-order valence-electron chi connectivity index (χ3n) is 3.72. The fourth-order valence-corrected chi connectivity index (χ4v) is 3.81. The molecule has 2 heterocycles. The molecule has 0 unspecified atom stereocenters. The minimum absolute atomic E-state index is 0.802. The predicted octanol–water partition coefficient (Wildman–Crippen LogP) is 4.62. The molecule has 4 aromatic rings. The highest BCUT2D eigenvalue weighted by molar-refractivity contribution is 7.26. The van der Waals surface area contributed by atoms with E-state index in [1.165, 1.54) is 20.2 Å². The molecule has 0 amide bonds. The van der Waals surface area contributed by atoms with Crippen LogP contribution in [0.15, 0.2) is 42.6 Å². The number of hydrogen-bond acceptors (Lipinski definition) is 4. The number of methoxy groups -OCH3 is 2. The molecular weight excluding hydrogens is 282 g/mol. The van der Waals surface area contributed by atoms with Gasteiger partial charge >= 0.3 is 0 Å². The summed E-state index contributed by atoms with van der Waals surface area (Å²) in [6.07, 6.45) is 1.93. The molecule has 0 radical (unpaired) electrons. The van der Waals surface area contributed by atoms with Crippen LogP contribution in [0, 0.1) is 0 Å². The van der Waals surface area contributed by atoms with Crippen LogP contribution < -0.4 is 9.47 Å². The van der Waals surface area contributed by atoms with Crippen LogP contribution in [-0.2, 0) is 0 Å². The lowest BCUT2D eigenvalue weighted by Gasteiger charge is -2.05. The van der Waals surface area contributed by atoms with Crippen LogP contribution in [-0.4, -0.2) is 19.2 Å². The zero-order chi connectivity index (χ0) is 14.4. The van der Waals surface area contributed by atoms with Crippen LogP contribution >= 0.6 is 11.3 Å². The summed E-state index contributed by atoms with van der Waals surface area (Å²) in [5.41, 5.74) is 0.898. The van der Waals surface area contributed by atoms with Gasteiger partial charge in [0.15, 0.2) is 0 Å². The normalized spacial score (nSPS) is 11.3. The van der Waals surface area contributed by atoms with E-state index < -0.39 is 0 Å². The molecule has 21 heavy (non-hydrogen) atoms. The molecule has 0 saturated heterocycles. The average molecular weight is 295 g/mol. The minimum Gasteiger partial charge on any atom is -0.497 e. The lowest BCUT2D eigenvalue weighted by molar-refractivity contribution is 0.415. The van der Waals surface area contributed by atoms with E-state index in [2.05, 4.69) is 23.2 Å². The maximum Gasteiger partial charge on any atom is 0.145 e. The van der Waals surface area contributed by atoms with E-state index >= 15 is 0 Å². The van der Waals surface area contributed by atoms with E-state index in [0.29, 0.717) is 0 Å². The van der Waals surface area contributed by atoms with Crippen molar-refractivity contribution < 1.29 is 9.47 Å². The van der Waals surface area contributed by atoms with Gasteiger partial charge in [-0.1, -0.05) is 12.1 Å². The van der Waals surface area contributed by atoms with Crippen LogP contribution in [0.2, 0.25) is 0 Å². The van der Waals surface area contributed by atoms with Gasteiger partial charge in [0.2, 0.25) is 0 Å². The second-order valence-electron chi connectivity index (χ2n) is 4.82. The Labute approximate surface area is 125 Å². The molecule has 0 saturated carbocycles. The Balaban J connectivity index is 2.22. The van der Waals surface area contributed by atoms with E-state index in [9.17, 15) is 0 Å². The predicted molar refractivity (Wildman–Crippen MR) is 87.7 cm³/mol. The first-order valence-electron chi connectivity index (χ1n) is 6.64. The van der Waals surface area contributed by atoms with Gasteiger partial charge in [0, 0.05) is 27.1 Å². The van der Waals surface area contributed by atoms with E-state index in [-0.39, 0.29) is 0 Å². The molecule has 3 nitrogen and oxygen atoms in total. The maximum atomic E-state index is 5.43. The summed E-state index contributed by atoms with van der Waals surface area (Å²) >= 11 is 1.75. The van der Waals surface area contributed by atoms with Crippen molar-refractivity contribution in [1.82, 2.24) is 4.98 Å². The highest BCUT2D eigenvalue weighted by Crippen LogP contribution is 2.40. The first-order chi connectivity index (χ1) is 10.3. The topological polar surface area (TPSA) is 31.4 Å². The molecule has 0 aliphatic rings. The van der Waals surface area contributed by atoms with Crippen molar-refractivity contribution >= 4 is 42.4 Å². The molecule has 0 fully saturated rings. The van der Waals surface area contributed by atoms with Crippen molar-refractivity contribution in [2.24, 2.45) is 0 Å². The summed E-state index contributed by atoms with van der Waals surface area (Å²) in [5, 5.41) is 3.54. The van der Waals surface area contributed by atoms with Gasteiger partial charge in [-0.2, -0.15) is 0 Å². The van der Waals surface area contributed by atoms with Crippen LogP contribution in [0.1, 0.15) is 0 Å². The number of nitrogens with zero attached hydrogens (tertiary/aromatic N) is 1. The highest BCUT2D eigenvalue weighted by Gasteiger charge is 2.12. The van der Waals surface area contributed by atoms with Crippen molar-refractivity contribution in [3.63, 3.8) is 0 Å². The van der Waals surface area contributed by atoms with Gasteiger partial charge in [-0.25, -0.2) is 0 Å². The number of thiophene rings is 1. The second-order valence-corrected chi connectivity index (χ2v) is 5.90. The molecule has 0 aliphatic heterocycles. The Kier molecular flexibility index (Phi) is 2.72. The second kappa shape index (κ2) is 4.60. The zero-order valence-electron chi connectivity index (χ0n) is 11.7. The molecule has 0 N–H and O–H groups in total. The molecule has 2 aromatic heterocycles. The molecule has 0 spiro atoms. The molecule has 2 aromatic carbocycles. The number of para-hydroxylation sites is 1. The first kappa shape index (κ1) is 12.4. The lowest BCUT2D eigenvalue weighted by atomic mass is 10.1. The van der Waals surface area contributed by atoms with Gasteiger partial charge in [-0.3, -0.25) is 4.98 Å². The number of fused-ring (bicyclic) bond motifs is 5. The van der Waals surface area contributed by atoms with E-state index in [1.54, 1.807) is 25.6 Å². The number of rotatable bonds is 2. The average Bonchev–Trinajstić information content (AvgIpc) is 2.92. The highest BCUT2D eigenvalue weighted by atomic mass is 32.1. The number of aromatic nitrogens is 1. The smallest absolute Gasteiger partial charge is 0.145 e. The number of benzene rings is 2. The van der Waals surface area contributed by atoms with Crippen molar-refractivity contribution in [2.75, 3.05) is 14.2 Å². The standard InChI is InChI=1S/C17H13NO2S/c1-19-10-6-7-14-12(8-10)16-11-4-3-5-13(20-2)17(11)18-9-15(16)21-14/h3-9H,1-2H3. The Bertz CT molecular complexity index is 975. The quantitative estimate of drug-likeness (QED) is 0.540. The third-order valence-corrected chi connectivity index (χ3v) is 4.83. The van der Waals surface area contributed by atoms with Gasteiger partial charge in [0.1, 0.15) is 17.0 Å². The fraction of sp³-hybridized carbons (Fsp3) is 0.118. The molecule has 104 valence electrons. The molecule has 4 rings (SSSR count). The fourth-order valence-electron chi connectivity index (χ4n) is 2.74. The summed E-state index contributed by atoms with van der Waals surface area (Å²) < 4.78 is 13.2. The van der Waals surface area contributed by atoms with E-state index in [0.717, 1.165) is 22.4 Å². The zero-order valence-corrected chi connectivity index (χ0v) is 12.5. The number of hydrogen-bond donors (Lipinski definition) is 0. The van der Waals surface area contributed by atoms with Gasteiger partial charge < -0.3 is 9.47 Å². The summed E-state index contributed by atoms with van der Waals surface area (Å²) in [5.74, 6) is 1.67. The number of ether oxygens (including phenoxy) is 2. The largest absolute Gasteiger partial charge is 0.497 e. The van der Waals surface area contributed by atoms with Crippen LogP contribution in [0.25, 0.3) is 31.1 Å². The maximum absolute atomic E-state index is 5.43. The Morgan fingerprint density at radius 2 is 1.86 bits per heavy atom.